The summed E-state index contributed by atoms with van der Waals surface area (Å²) >= 11 is 0. The molecular weight excluding hydrogens is 410 g/mol. The minimum absolute atomic E-state index is 0.0479. The molecule has 0 saturated carbocycles. The molecule has 1 aliphatic heterocycles. The molecule has 1 saturated heterocycles. The molecule has 1 fully saturated rings. The lowest BCUT2D eigenvalue weighted by molar-refractivity contribution is -0.147. The van der Waals surface area contributed by atoms with E-state index in [0.29, 0.717) is 0 Å². The molecule has 3 amide bonds. The third-order valence-corrected chi connectivity index (χ3v) is 4.20. The number of nitrogens with zero attached hydrogens (tertiary/aromatic N) is 1. The predicted molar refractivity (Wildman–Crippen MR) is 105 cm³/mol. The van der Waals surface area contributed by atoms with Crippen molar-refractivity contribution in [1.82, 2.24) is 15.5 Å². The molecule has 1 aromatic rings. The van der Waals surface area contributed by atoms with Crippen LogP contribution in [-0.2, 0) is 40.0 Å². The quantitative estimate of drug-likeness (QED) is 0.291. The Kier molecular flexibility index (Phi) is 8.79. The van der Waals surface area contributed by atoms with Crippen LogP contribution < -0.4 is 10.6 Å². The van der Waals surface area contributed by atoms with Gasteiger partial charge in [0.15, 0.2) is 12.1 Å². The Hall–Kier alpha value is -3.63. The molecule has 11 nitrogen and oxygen atoms in total. The van der Waals surface area contributed by atoms with E-state index in [2.05, 4.69) is 10.6 Å². The van der Waals surface area contributed by atoms with Crippen molar-refractivity contribution in [2.75, 3.05) is 26.3 Å². The lowest BCUT2D eigenvalue weighted by Crippen LogP contribution is -2.41. The first-order valence-electron chi connectivity index (χ1n) is 9.74. The highest BCUT2D eigenvalue weighted by atomic mass is 16.6. The van der Waals surface area contributed by atoms with Crippen LogP contribution in [0.2, 0.25) is 0 Å². The lowest BCUT2D eigenvalue weighted by Gasteiger charge is -2.09. The number of alkyl carbamates (subject to hydrolysis) is 1. The van der Waals surface area contributed by atoms with Crippen LogP contribution >= 0.6 is 0 Å². The maximum atomic E-state index is 12.3. The number of rotatable bonds is 10. The van der Waals surface area contributed by atoms with Crippen molar-refractivity contribution >= 4 is 29.8 Å². The summed E-state index contributed by atoms with van der Waals surface area (Å²) in [4.78, 5) is 60.7. The van der Waals surface area contributed by atoms with Gasteiger partial charge < -0.3 is 29.7 Å². The molecule has 2 rings (SSSR count). The van der Waals surface area contributed by atoms with Gasteiger partial charge in [-0.2, -0.15) is 0 Å². The van der Waals surface area contributed by atoms with Gasteiger partial charge in [-0.25, -0.2) is 14.4 Å². The molecule has 0 aliphatic carbocycles. The summed E-state index contributed by atoms with van der Waals surface area (Å²) in [6.45, 7) is 2.56. The first-order valence-corrected chi connectivity index (χ1v) is 9.74. The van der Waals surface area contributed by atoms with Crippen LogP contribution in [0.4, 0.5) is 4.79 Å². The molecule has 0 spiro atoms. The first kappa shape index (κ1) is 23.6. The minimum atomic E-state index is -1.07. The normalized spacial score (nSPS) is 16.6. The topological polar surface area (TPSA) is 140 Å². The summed E-state index contributed by atoms with van der Waals surface area (Å²) in [7, 11) is 0. The third kappa shape index (κ3) is 6.98. The molecule has 0 unspecified atom stereocenters. The van der Waals surface area contributed by atoms with E-state index in [1.165, 1.54) is 0 Å². The number of ether oxygens (including phenoxy) is 3. The first-order chi connectivity index (χ1) is 14.9. The molecule has 2 N–H and O–H groups in total. The fourth-order valence-electron chi connectivity index (χ4n) is 2.74. The second kappa shape index (κ2) is 11.5. The van der Waals surface area contributed by atoms with Crippen LogP contribution in [-0.4, -0.2) is 73.1 Å². The number of amides is 3. The molecular formula is C20H25N3O8. The summed E-state index contributed by atoms with van der Waals surface area (Å²) in [5.41, 5.74) is 0.790. The minimum Gasteiger partial charge on any atom is -0.464 e. The average Bonchev–Trinajstić information content (AvgIpc) is 3.52. The number of nitrogens with one attached hydrogen (secondary N) is 2. The largest absolute Gasteiger partial charge is 0.464 e. The molecule has 1 aromatic carbocycles. The van der Waals surface area contributed by atoms with Crippen LogP contribution in [0.3, 0.4) is 0 Å². The van der Waals surface area contributed by atoms with Crippen LogP contribution in [0, 0.1) is 0 Å². The highest BCUT2D eigenvalue weighted by molar-refractivity contribution is 6.01. The average molecular weight is 435 g/mol. The molecule has 0 bridgehead atoms. The van der Waals surface area contributed by atoms with Gasteiger partial charge in [-0.05, 0) is 19.4 Å². The van der Waals surface area contributed by atoms with Gasteiger partial charge in [-0.15, -0.1) is 0 Å². The van der Waals surface area contributed by atoms with Crippen molar-refractivity contribution in [1.29, 1.82) is 0 Å². The number of hydrogen-bond acceptors (Lipinski definition) is 8. The standard InChI is InChI=1S/C20H25N3O8/c1-3-29-18(26)16-17(19(27)30-4-2)23(16)15(25)11-21-14(24)10-22-20(28)31-12-13-8-6-5-7-9-13/h5-9,16-17H,3-4,10-12H2,1-2H3,(H,21,24)(H,22,28)/t16-,17-/m0/s1. The zero-order chi connectivity index (χ0) is 22.8. The van der Waals surface area contributed by atoms with E-state index >= 15 is 0 Å². The highest BCUT2D eigenvalue weighted by Crippen LogP contribution is 2.30. The third-order valence-electron chi connectivity index (χ3n) is 4.20. The molecule has 1 aliphatic rings. The van der Waals surface area contributed by atoms with Crippen LogP contribution in [0.25, 0.3) is 0 Å². The van der Waals surface area contributed by atoms with Gasteiger partial charge in [0.2, 0.25) is 11.8 Å². The SMILES string of the molecule is CCOC(=O)[C@@H]1[C@@H](C(=O)OCC)N1C(=O)CNC(=O)CNC(=O)OCc1ccccc1. The molecule has 168 valence electrons. The van der Waals surface area contributed by atoms with E-state index in [9.17, 15) is 24.0 Å². The summed E-state index contributed by atoms with van der Waals surface area (Å²) in [6.07, 6.45) is -0.791. The zero-order valence-electron chi connectivity index (χ0n) is 17.3. The van der Waals surface area contributed by atoms with Gasteiger partial charge in [0, 0.05) is 0 Å². The second-order valence-corrected chi connectivity index (χ2v) is 6.39. The number of carbonyl (C=O) groups excluding carboxylic acids is 5. The van der Waals surface area contributed by atoms with Crippen LogP contribution in [0.1, 0.15) is 19.4 Å². The fraction of sp³-hybridized carbons (Fsp3) is 0.450. The van der Waals surface area contributed by atoms with Crippen molar-refractivity contribution in [3.8, 4) is 0 Å². The fourth-order valence-corrected chi connectivity index (χ4v) is 2.74. The van der Waals surface area contributed by atoms with Gasteiger partial charge in [0.1, 0.15) is 13.2 Å². The van der Waals surface area contributed by atoms with Gasteiger partial charge in [0.25, 0.3) is 0 Å². The molecule has 1 heterocycles. The van der Waals surface area contributed by atoms with Gasteiger partial charge in [-0.1, -0.05) is 30.3 Å². The van der Waals surface area contributed by atoms with Gasteiger partial charge >= 0.3 is 18.0 Å². The molecule has 31 heavy (non-hydrogen) atoms. The maximum Gasteiger partial charge on any atom is 0.407 e. The van der Waals surface area contributed by atoms with E-state index in [1.807, 2.05) is 6.07 Å². The summed E-state index contributed by atoms with van der Waals surface area (Å²) in [5.74, 6) is -2.74. The van der Waals surface area contributed by atoms with Gasteiger partial charge in [-0.3, -0.25) is 9.59 Å². The second-order valence-electron chi connectivity index (χ2n) is 6.39. The lowest BCUT2D eigenvalue weighted by atomic mass is 10.2. The van der Waals surface area contributed by atoms with E-state index in [1.54, 1.807) is 38.1 Å². The van der Waals surface area contributed by atoms with Crippen molar-refractivity contribution in [2.24, 2.45) is 0 Å². The number of esters is 2. The Morgan fingerprint density at radius 3 is 1.97 bits per heavy atom. The Balaban J connectivity index is 1.74. The summed E-state index contributed by atoms with van der Waals surface area (Å²) < 4.78 is 14.7. The Bertz CT molecular complexity index is 790. The summed E-state index contributed by atoms with van der Waals surface area (Å²) in [6, 6.07) is 6.85. The number of benzene rings is 1. The van der Waals surface area contributed by atoms with E-state index in [-0.39, 0.29) is 19.8 Å². The van der Waals surface area contributed by atoms with E-state index in [0.717, 1.165) is 10.5 Å². The molecule has 0 aromatic heterocycles. The maximum absolute atomic E-state index is 12.3. The van der Waals surface area contributed by atoms with Crippen molar-refractivity contribution in [3.63, 3.8) is 0 Å². The van der Waals surface area contributed by atoms with Gasteiger partial charge in [0.05, 0.1) is 19.8 Å². The van der Waals surface area contributed by atoms with E-state index in [4.69, 9.17) is 14.2 Å². The molecule has 2 atom stereocenters. The van der Waals surface area contributed by atoms with E-state index < -0.39 is 55.0 Å². The number of carbonyl (C=O) groups is 5. The van der Waals surface area contributed by atoms with Crippen molar-refractivity contribution in [2.45, 2.75) is 32.5 Å². The monoisotopic (exact) mass is 435 g/mol. The molecule has 11 heteroatoms. The molecule has 0 radical (unpaired) electrons. The van der Waals surface area contributed by atoms with Crippen LogP contribution in [0.5, 0.6) is 0 Å². The number of hydrogen-bond donors (Lipinski definition) is 2. The zero-order valence-corrected chi connectivity index (χ0v) is 17.3. The Morgan fingerprint density at radius 1 is 0.839 bits per heavy atom. The Morgan fingerprint density at radius 2 is 1.42 bits per heavy atom. The highest BCUT2D eigenvalue weighted by Gasteiger charge is 2.61. The predicted octanol–water partition coefficient (Wildman–Crippen LogP) is -0.265. The smallest absolute Gasteiger partial charge is 0.407 e. The van der Waals surface area contributed by atoms with Crippen molar-refractivity contribution in [3.05, 3.63) is 35.9 Å². The summed E-state index contributed by atoms with van der Waals surface area (Å²) in [5, 5.41) is 4.57. The van der Waals surface area contributed by atoms with Crippen LogP contribution in [0.15, 0.2) is 30.3 Å². The Labute approximate surface area is 179 Å². The van der Waals surface area contributed by atoms with Crippen molar-refractivity contribution < 1.29 is 38.2 Å².